The molecule has 2 aliphatic rings. The van der Waals surface area contributed by atoms with Crippen molar-refractivity contribution in [1.29, 1.82) is 0 Å². The Morgan fingerprint density at radius 2 is 2.00 bits per heavy atom. The molecule has 0 spiro atoms. The Morgan fingerprint density at radius 1 is 1.23 bits per heavy atom. The fourth-order valence-corrected chi connectivity index (χ4v) is 4.26. The first-order valence-corrected chi connectivity index (χ1v) is 10.4. The second kappa shape index (κ2) is 7.72. The molecule has 1 aromatic carbocycles. The van der Waals surface area contributed by atoms with Gasteiger partial charge >= 0.3 is 5.97 Å². The minimum absolute atomic E-state index is 0.262. The van der Waals surface area contributed by atoms with Crippen molar-refractivity contribution in [2.24, 2.45) is 12.5 Å². The number of aromatic nitrogens is 2. The fraction of sp³-hybridized carbons (Fsp3) is 0.375. The molecular weight excluding hydrogens is 394 g/mol. The summed E-state index contributed by atoms with van der Waals surface area (Å²) in [7, 11) is 1.87. The highest BCUT2D eigenvalue weighted by molar-refractivity contribution is 6.23. The number of ether oxygens (including phenoxy) is 1. The van der Waals surface area contributed by atoms with E-state index in [1.54, 1.807) is 4.68 Å². The quantitative estimate of drug-likeness (QED) is 0.724. The summed E-state index contributed by atoms with van der Waals surface area (Å²) in [6, 6.07) is 2.08. The summed E-state index contributed by atoms with van der Waals surface area (Å²) in [5, 5.41) is 16.8. The molecule has 0 bridgehead atoms. The molecule has 0 atom stereocenters. The summed E-state index contributed by atoms with van der Waals surface area (Å²) in [5.74, 6) is -0.871. The van der Waals surface area contributed by atoms with E-state index in [0.29, 0.717) is 19.6 Å². The average molecular weight is 421 g/mol. The molecule has 2 N–H and O–H groups in total. The normalized spacial score (nSPS) is 19.8. The lowest BCUT2D eigenvalue weighted by molar-refractivity contribution is -0.134. The Labute approximate surface area is 181 Å². The standard InChI is InChI=1S/C24H27N3O4/c1-24(2,3)20-10-21(28)19(23(29)30)12-25-7-5-15-16-6-8-31-22(16)17(9-18(15)20)14-11-26-27(4)13-14/h9-13,25H,5-8H2,1-4H3,(H,29,30)/b19-12+,20-10-. The first-order valence-electron chi connectivity index (χ1n) is 10.4. The largest absolute Gasteiger partial charge is 0.492 e. The molecule has 0 saturated heterocycles. The predicted molar refractivity (Wildman–Crippen MR) is 118 cm³/mol. The van der Waals surface area contributed by atoms with Gasteiger partial charge in [0.15, 0.2) is 5.78 Å². The molecule has 162 valence electrons. The maximum atomic E-state index is 12.9. The van der Waals surface area contributed by atoms with Crippen LogP contribution in [0.25, 0.3) is 16.7 Å². The topological polar surface area (TPSA) is 93.5 Å². The van der Waals surface area contributed by atoms with Crippen LogP contribution in [0.4, 0.5) is 0 Å². The summed E-state index contributed by atoms with van der Waals surface area (Å²) < 4.78 is 7.79. The fourth-order valence-electron chi connectivity index (χ4n) is 4.26. The summed E-state index contributed by atoms with van der Waals surface area (Å²) in [5.41, 5.74) is 5.35. The third-order valence-electron chi connectivity index (χ3n) is 5.75. The van der Waals surface area contributed by atoms with E-state index in [1.807, 2.05) is 40.2 Å². The van der Waals surface area contributed by atoms with Crippen molar-refractivity contribution in [3.05, 3.63) is 53.0 Å². The number of hydrogen-bond donors (Lipinski definition) is 2. The number of fused-ring (bicyclic) bond motifs is 3. The van der Waals surface area contributed by atoms with Gasteiger partial charge in [0.1, 0.15) is 11.3 Å². The number of ketones is 1. The SMILES string of the molecule is Cn1cc(-c2cc3c(c4c2OCC4)CCN/C=C(/C(=O)O)C(=O)/C=C/3C(C)(C)C)cn1. The van der Waals surface area contributed by atoms with Crippen molar-refractivity contribution in [1.82, 2.24) is 15.1 Å². The molecule has 31 heavy (non-hydrogen) atoms. The van der Waals surface area contributed by atoms with Crippen molar-refractivity contribution in [2.75, 3.05) is 13.2 Å². The first-order chi connectivity index (χ1) is 14.7. The third kappa shape index (κ3) is 3.87. The molecule has 1 aromatic heterocycles. The van der Waals surface area contributed by atoms with Crippen molar-refractivity contribution in [2.45, 2.75) is 33.6 Å². The highest BCUT2D eigenvalue weighted by Gasteiger charge is 2.30. The molecular formula is C24H27N3O4. The lowest BCUT2D eigenvalue weighted by Crippen LogP contribution is -2.22. The minimum atomic E-state index is -1.23. The maximum Gasteiger partial charge on any atom is 0.341 e. The second-order valence-electron chi connectivity index (χ2n) is 9.00. The Morgan fingerprint density at radius 3 is 2.65 bits per heavy atom. The molecule has 0 saturated carbocycles. The van der Waals surface area contributed by atoms with Crippen LogP contribution in [0.2, 0.25) is 0 Å². The number of aryl methyl sites for hydroxylation is 1. The predicted octanol–water partition coefficient (Wildman–Crippen LogP) is 3.13. The van der Waals surface area contributed by atoms with Gasteiger partial charge in [0, 0.05) is 49.1 Å². The molecule has 2 aliphatic heterocycles. The van der Waals surface area contributed by atoms with Crippen molar-refractivity contribution in [3.8, 4) is 16.9 Å². The molecule has 7 nitrogen and oxygen atoms in total. The Bertz CT molecular complexity index is 1130. The number of nitrogens with zero attached hydrogens (tertiary/aromatic N) is 2. The number of carboxylic acid groups (broad SMARTS) is 1. The zero-order valence-electron chi connectivity index (χ0n) is 18.3. The molecule has 0 unspecified atom stereocenters. The van der Waals surface area contributed by atoms with Gasteiger partial charge in [-0.05, 0) is 40.7 Å². The minimum Gasteiger partial charge on any atom is -0.492 e. The molecule has 0 amide bonds. The number of aliphatic carboxylic acids is 1. The number of carbonyl (C=O) groups excluding carboxylic acids is 1. The first kappa shape index (κ1) is 20.9. The van der Waals surface area contributed by atoms with Gasteiger partial charge in [0.2, 0.25) is 0 Å². The number of carbonyl (C=O) groups is 2. The van der Waals surface area contributed by atoms with E-state index in [9.17, 15) is 14.7 Å². The molecule has 7 heteroatoms. The number of benzene rings is 1. The van der Waals surface area contributed by atoms with Crippen LogP contribution in [0.3, 0.4) is 0 Å². The van der Waals surface area contributed by atoms with E-state index < -0.39 is 11.8 Å². The summed E-state index contributed by atoms with van der Waals surface area (Å²) in [4.78, 5) is 24.6. The summed E-state index contributed by atoms with van der Waals surface area (Å²) in [6.07, 6.45) is 8.05. The highest BCUT2D eigenvalue weighted by Crippen LogP contribution is 2.46. The molecule has 0 radical (unpaired) electrons. The van der Waals surface area contributed by atoms with Gasteiger partial charge in [-0.15, -0.1) is 0 Å². The van der Waals surface area contributed by atoms with Gasteiger partial charge < -0.3 is 15.2 Å². The van der Waals surface area contributed by atoms with E-state index in [4.69, 9.17) is 4.74 Å². The van der Waals surface area contributed by atoms with Crippen LogP contribution in [-0.4, -0.2) is 39.8 Å². The van der Waals surface area contributed by atoms with Gasteiger partial charge in [0.05, 0.1) is 12.8 Å². The Balaban J connectivity index is 2.01. The van der Waals surface area contributed by atoms with Crippen LogP contribution in [0.1, 0.15) is 37.5 Å². The number of rotatable bonds is 2. The van der Waals surface area contributed by atoms with Gasteiger partial charge in [-0.3, -0.25) is 9.48 Å². The van der Waals surface area contributed by atoms with Crippen LogP contribution in [0.5, 0.6) is 5.75 Å². The number of nitrogens with one attached hydrogen (secondary N) is 1. The lowest BCUT2D eigenvalue weighted by Gasteiger charge is -2.28. The highest BCUT2D eigenvalue weighted by atomic mass is 16.5. The molecule has 0 fully saturated rings. The Kier molecular flexibility index (Phi) is 5.21. The van der Waals surface area contributed by atoms with Crippen LogP contribution < -0.4 is 10.1 Å². The van der Waals surface area contributed by atoms with E-state index in [-0.39, 0.29) is 11.0 Å². The molecule has 0 aliphatic carbocycles. The van der Waals surface area contributed by atoms with E-state index in [1.165, 1.54) is 12.3 Å². The van der Waals surface area contributed by atoms with Gasteiger partial charge in [-0.1, -0.05) is 20.8 Å². The van der Waals surface area contributed by atoms with Crippen molar-refractivity contribution in [3.63, 3.8) is 0 Å². The summed E-state index contributed by atoms with van der Waals surface area (Å²) in [6.45, 7) is 7.25. The van der Waals surface area contributed by atoms with E-state index >= 15 is 0 Å². The zero-order chi connectivity index (χ0) is 22.3. The molecule has 2 aromatic rings. The van der Waals surface area contributed by atoms with Gasteiger partial charge in [0.25, 0.3) is 0 Å². The lowest BCUT2D eigenvalue weighted by atomic mass is 9.76. The van der Waals surface area contributed by atoms with Crippen LogP contribution in [-0.2, 0) is 29.5 Å². The number of hydrogen-bond acceptors (Lipinski definition) is 5. The Hall–Kier alpha value is -3.35. The van der Waals surface area contributed by atoms with Gasteiger partial charge in [-0.2, -0.15) is 5.10 Å². The third-order valence-corrected chi connectivity index (χ3v) is 5.75. The number of allylic oxidation sites excluding steroid dienone is 2. The maximum absolute atomic E-state index is 12.9. The second-order valence-corrected chi connectivity index (χ2v) is 9.00. The van der Waals surface area contributed by atoms with E-state index in [2.05, 4.69) is 16.5 Å². The number of carboxylic acids is 1. The monoisotopic (exact) mass is 421 g/mol. The smallest absolute Gasteiger partial charge is 0.341 e. The van der Waals surface area contributed by atoms with Crippen LogP contribution in [0.15, 0.2) is 36.3 Å². The van der Waals surface area contributed by atoms with Gasteiger partial charge in [-0.25, -0.2) is 4.79 Å². The zero-order valence-corrected chi connectivity index (χ0v) is 18.3. The van der Waals surface area contributed by atoms with Crippen LogP contribution in [0, 0.1) is 5.41 Å². The molecule has 3 heterocycles. The van der Waals surface area contributed by atoms with Crippen molar-refractivity contribution < 1.29 is 19.4 Å². The van der Waals surface area contributed by atoms with Crippen LogP contribution >= 0.6 is 0 Å². The van der Waals surface area contributed by atoms with E-state index in [0.717, 1.165) is 45.6 Å². The summed E-state index contributed by atoms with van der Waals surface area (Å²) >= 11 is 0. The van der Waals surface area contributed by atoms with Crippen molar-refractivity contribution >= 4 is 17.3 Å². The average Bonchev–Trinajstić information content (AvgIpc) is 3.33. The molecule has 4 rings (SSSR count).